The van der Waals surface area contributed by atoms with Crippen molar-refractivity contribution >= 4 is 17.5 Å². The van der Waals surface area contributed by atoms with Crippen LogP contribution in [0.3, 0.4) is 0 Å². The van der Waals surface area contributed by atoms with Gasteiger partial charge in [0.15, 0.2) is 11.6 Å². The van der Waals surface area contributed by atoms with Crippen LogP contribution in [0.25, 0.3) is 23.0 Å². The zero-order valence-corrected chi connectivity index (χ0v) is 19.8. The number of pyridine rings is 1. The van der Waals surface area contributed by atoms with E-state index < -0.39 is 0 Å². The molecule has 4 heterocycles. The van der Waals surface area contributed by atoms with Gasteiger partial charge < -0.3 is 9.73 Å². The third kappa shape index (κ3) is 6.12. The number of furan rings is 1. The van der Waals surface area contributed by atoms with Crippen molar-refractivity contribution < 1.29 is 14.0 Å². The second-order valence-corrected chi connectivity index (χ2v) is 8.81. The quantitative estimate of drug-likeness (QED) is 0.545. The van der Waals surface area contributed by atoms with E-state index in [9.17, 15) is 9.59 Å². The van der Waals surface area contributed by atoms with Crippen LogP contribution in [-0.4, -0.2) is 75.7 Å². The number of anilines is 1. The standard InChI is InChI=1S/C25H30N6O3/c1-17(2)21(32)15-30-10-12-31(13-11-30)16-24(33)28-23-14-20(19-6-4-5-9-26-19)27-25(29-23)22-8-7-18(3)34-22/h4-9,14,17H,10-13,15-16H2,1-3H3,(H,27,28,29,33). The number of aromatic nitrogens is 3. The lowest BCUT2D eigenvalue weighted by Gasteiger charge is -2.34. The van der Waals surface area contributed by atoms with Crippen molar-refractivity contribution in [1.82, 2.24) is 24.8 Å². The molecule has 0 radical (unpaired) electrons. The summed E-state index contributed by atoms with van der Waals surface area (Å²) in [5.74, 6) is 2.20. The molecule has 0 bridgehead atoms. The SMILES string of the molecule is Cc1ccc(-c2nc(NC(=O)CN3CCN(CC(=O)C(C)C)CC3)cc(-c3ccccn3)n2)o1. The van der Waals surface area contributed by atoms with Crippen LogP contribution in [0.4, 0.5) is 5.82 Å². The Morgan fingerprint density at radius 2 is 1.74 bits per heavy atom. The van der Waals surface area contributed by atoms with Crippen LogP contribution in [0, 0.1) is 12.8 Å². The summed E-state index contributed by atoms with van der Waals surface area (Å²) in [6, 6.07) is 10.9. The molecule has 34 heavy (non-hydrogen) atoms. The Hall–Kier alpha value is -3.43. The number of carbonyl (C=O) groups is 2. The predicted octanol–water partition coefficient (Wildman–Crippen LogP) is 2.89. The molecule has 0 aromatic carbocycles. The fourth-order valence-corrected chi connectivity index (χ4v) is 3.72. The van der Waals surface area contributed by atoms with E-state index in [0.29, 0.717) is 35.3 Å². The summed E-state index contributed by atoms with van der Waals surface area (Å²) in [5.41, 5.74) is 1.27. The van der Waals surface area contributed by atoms with Gasteiger partial charge in [-0.25, -0.2) is 9.97 Å². The number of nitrogens with one attached hydrogen (secondary N) is 1. The Labute approximate surface area is 199 Å². The highest BCUT2D eigenvalue weighted by molar-refractivity contribution is 5.92. The molecule has 1 amide bonds. The maximum Gasteiger partial charge on any atom is 0.239 e. The lowest BCUT2D eigenvalue weighted by molar-refractivity contribution is -0.124. The Balaban J connectivity index is 1.43. The molecule has 1 aliphatic heterocycles. The average molecular weight is 463 g/mol. The molecule has 4 rings (SSSR count). The van der Waals surface area contributed by atoms with Crippen molar-refractivity contribution in [3.63, 3.8) is 0 Å². The van der Waals surface area contributed by atoms with Crippen LogP contribution >= 0.6 is 0 Å². The molecule has 9 heteroatoms. The van der Waals surface area contributed by atoms with Gasteiger partial charge in [-0.15, -0.1) is 0 Å². The molecule has 9 nitrogen and oxygen atoms in total. The van der Waals surface area contributed by atoms with Crippen molar-refractivity contribution in [3.8, 4) is 23.0 Å². The van der Waals surface area contributed by atoms with Crippen LogP contribution in [0.15, 0.2) is 47.0 Å². The fraction of sp³-hybridized carbons (Fsp3) is 0.400. The maximum absolute atomic E-state index is 12.8. The van der Waals surface area contributed by atoms with E-state index in [1.165, 1.54) is 0 Å². The minimum atomic E-state index is -0.154. The van der Waals surface area contributed by atoms with Crippen molar-refractivity contribution in [1.29, 1.82) is 0 Å². The molecule has 1 fully saturated rings. The summed E-state index contributed by atoms with van der Waals surface area (Å²) in [5, 5.41) is 2.91. The van der Waals surface area contributed by atoms with Gasteiger partial charge in [0.25, 0.3) is 0 Å². The minimum Gasteiger partial charge on any atom is -0.458 e. The number of hydrogen-bond acceptors (Lipinski definition) is 8. The third-order valence-corrected chi connectivity index (χ3v) is 5.74. The highest BCUT2D eigenvalue weighted by Gasteiger charge is 2.22. The van der Waals surface area contributed by atoms with Gasteiger partial charge in [-0.3, -0.25) is 24.4 Å². The lowest BCUT2D eigenvalue weighted by atomic mass is 10.1. The first kappa shape index (κ1) is 23.7. The highest BCUT2D eigenvalue weighted by Crippen LogP contribution is 2.24. The molecule has 1 saturated heterocycles. The van der Waals surface area contributed by atoms with Gasteiger partial charge in [0.2, 0.25) is 5.91 Å². The topological polar surface area (TPSA) is 104 Å². The van der Waals surface area contributed by atoms with E-state index >= 15 is 0 Å². The fourth-order valence-electron chi connectivity index (χ4n) is 3.72. The molecular formula is C25H30N6O3. The van der Waals surface area contributed by atoms with Crippen molar-refractivity contribution in [2.24, 2.45) is 5.92 Å². The van der Waals surface area contributed by atoms with Gasteiger partial charge >= 0.3 is 0 Å². The second kappa shape index (κ2) is 10.7. The molecule has 3 aromatic rings. The van der Waals surface area contributed by atoms with Crippen molar-refractivity contribution in [2.75, 3.05) is 44.6 Å². The van der Waals surface area contributed by atoms with Crippen LogP contribution < -0.4 is 5.32 Å². The Bertz CT molecular complexity index is 1140. The zero-order chi connectivity index (χ0) is 24.1. The van der Waals surface area contributed by atoms with Crippen LogP contribution in [0.1, 0.15) is 19.6 Å². The molecule has 1 aliphatic rings. The molecule has 178 valence electrons. The van der Waals surface area contributed by atoms with E-state index in [-0.39, 0.29) is 24.2 Å². The number of nitrogens with zero attached hydrogens (tertiary/aromatic N) is 5. The number of amides is 1. The number of aryl methyl sites for hydroxylation is 1. The largest absolute Gasteiger partial charge is 0.458 e. The van der Waals surface area contributed by atoms with E-state index in [4.69, 9.17) is 4.42 Å². The van der Waals surface area contributed by atoms with E-state index in [2.05, 4.69) is 30.1 Å². The van der Waals surface area contributed by atoms with Crippen LogP contribution in [-0.2, 0) is 9.59 Å². The van der Waals surface area contributed by atoms with Gasteiger partial charge in [-0.05, 0) is 31.2 Å². The van der Waals surface area contributed by atoms with Gasteiger partial charge in [0.1, 0.15) is 17.4 Å². The molecule has 0 saturated carbocycles. The van der Waals surface area contributed by atoms with Crippen molar-refractivity contribution in [3.05, 3.63) is 48.4 Å². The summed E-state index contributed by atoms with van der Waals surface area (Å²) in [7, 11) is 0. The van der Waals surface area contributed by atoms with Gasteiger partial charge in [0, 0.05) is 44.4 Å². The molecule has 1 N–H and O–H groups in total. The van der Waals surface area contributed by atoms with E-state index in [1.807, 2.05) is 51.1 Å². The van der Waals surface area contributed by atoms with Crippen molar-refractivity contribution in [2.45, 2.75) is 20.8 Å². The molecule has 0 atom stereocenters. The van der Waals surface area contributed by atoms with E-state index in [1.54, 1.807) is 12.3 Å². The first-order chi connectivity index (χ1) is 16.4. The second-order valence-electron chi connectivity index (χ2n) is 8.81. The average Bonchev–Trinajstić information content (AvgIpc) is 3.27. The number of rotatable bonds is 8. The third-order valence-electron chi connectivity index (χ3n) is 5.74. The number of Topliss-reactive ketones (excluding diaryl/α,β-unsaturated/α-hetero) is 1. The first-order valence-electron chi connectivity index (χ1n) is 11.5. The summed E-state index contributed by atoms with van der Waals surface area (Å²) < 4.78 is 5.70. The molecule has 0 aliphatic carbocycles. The van der Waals surface area contributed by atoms with Gasteiger partial charge in [-0.2, -0.15) is 0 Å². The Morgan fingerprint density at radius 3 is 2.35 bits per heavy atom. The minimum absolute atomic E-state index is 0.0441. The molecule has 0 unspecified atom stereocenters. The number of carbonyl (C=O) groups excluding carboxylic acids is 2. The Kier molecular flexibility index (Phi) is 7.44. The van der Waals surface area contributed by atoms with Crippen LogP contribution in [0.5, 0.6) is 0 Å². The molecule has 0 spiro atoms. The normalized spacial score (nSPS) is 14.9. The van der Waals surface area contributed by atoms with Crippen LogP contribution in [0.2, 0.25) is 0 Å². The zero-order valence-electron chi connectivity index (χ0n) is 19.8. The summed E-state index contributed by atoms with van der Waals surface area (Å²) in [6.07, 6.45) is 1.70. The smallest absolute Gasteiger partial charge is 0.239 e. The van der Waals surface area contributed by atoms with E-state index in [0.717, 1.165) is 31.9 Å². The number of hydrogen-bond donors (Lipinski definition) is 1. The summed E-state index contributed by atoms with van der Waals surface area (Å²) in [6.45, 7) is 9.44. The Morgan fingerprint density at radius 1 is 1.00 bits per heavy atom. The predicted molar refractivity (Wildman–Crippen MR) is 129 cm³/mol. The summed E-state index contributed by atoms with van der Waals surface area (Å²) >= 11 is 0. The van der Waals surface area contributed by atoms with Gasteiger partial charge in [-0.1, -0.05) is 19.9 Å². The van der Waals surface area contributed by atoms with Gasteiger partial charge in [0.05, 0.1) is 24.5 Å². The monoisotopic (exact) mass is 462 g/mol. The highest BCUT2D eigenvalue weighted by atomic mass is 16.3. The first-order valence-corrected chi connectivity index (χ1v) is 11.5. The lowest BCUT2D eigenvalue weighted by Crippen LogP contribution is -2.50. The summed E-state index contributed by atoms with van der Waals surface area (Å²) in [4.78, 5) is 42.5. The number of piperazine rings is 1. The maximum atomic E-state index is 12.8. The molecule has 3 aromatic heterocycles. The molecular weight excluding hydrogens is 432 g/mol. The number of ketones is 1.